The molecule has 0 bridgehead atoms. The highest BCUT2D eigenvalue weighted by atomic mass is 32.1. The van der Waals surface area contributed by atoms with Crippen LogP contribution in [-0.2, 0) is 7.05 Å². The second-order valence-corrected chi connectivity index (χ2v) is 3.34. The van der Waals surface area contributed by atoms with Gasteiger partial charge in [0.05, 0.1) is 12.7 Å². The predicted molar refractivity (Wildman–Crippen MR) is 58.0 cm³/mol. The van der Waals surface area contributed by atoms with Crippen molar-refractivity contribution in [2.24, 2.45) is 7.05 Å². The molecule has 0 unspecified atom stereocenters. The van der Waals surface area contributed by atoms with Gasteiger partial charge in [0.25, 0.3) is 0 Å². The van der Waals surface area contributed by atoms with Crippen molar-refractivity contribution in [3.63, 3.8) is 0 Å². The average Bonchev–Trinajstić information content (AvgIpc) is 2.60. The standard InChI is InChI=1S/C9H10N4OS/c1-13-7(11-12-9(13)15)6-4-3-5-10-8(6)14-2/h3-5H,1-2H3,(H,12,15). The van der Waals surface area contributed by atoms with E-state index >= 15 is 0 Å². The van der Waals surface area contributed by atoms with Crippen LogP contribution in [0.25, 0.3) is 11.4 Å². The molecule has 0 spiro atoms. The average molecular weight is 222 g/mol. The summed E-state index contributed by atoms with van der Waals surface area (Å²) in [5.74, 6) is 1.21. The molecule has 6 heteroatoms. The number of ether oxygens (including phenoxy) is 1. The lowest BCUT2D eigenvalue weighted by atomic mass is 10.2. The van der Waals surface area contributed by atoms with Crippen molar-refractivity contribution >= 4 is 12.6 Å². The van der Waals surface area contributed by atoms with Crippen molar-refractivity contribution in [2.75, 3.05) is 7.11 Å². The topological polar surface area (TPSA) is 52.8 Å². The summed E-state index contributed by atoms with van der Waals surface area (Å²) in [6, 6.07) is 3.70. The molecule has 0 atom stereocenters. The van der Waals surface area contributed by atoms with Crippen molar-refractivity contribution in [3.05, 3.63) is 18.3 Å². The SMILES string of the molecule is COc1ncccc1-c1nnc(S)n1C. The fourth-order valence-corrected chi connectivity index (χ4v) is 1.42. The van der Waals surface area contributed by atoms with Crippen LogP contribution in [0.3, 0.4) is 0 Å². The highest BCUT2D eigenvalue weighted by molar-refractivity contribution is 7.80. The Morgan fingerprint density at radius 1 is 1.40 bits per heavy atom. The van der Waals surface area contributed by atoms with E-state index in [-0.39, 0.29) is 0 Å². The Bertz CT molecular complexity index is 483. The van der Waals surface area contributed by atoms with Gasteiger partial charge in [-0.15, -0.1) is 22.8 Å². The second kappa shape index (κ2) is 3.90. The molecular weight excluding hydrogens is 212 g/mol. The van der Waals surface area contributed by atoms with E-state index < -0.39 is 0 Å². The van der Waals surface area contributed by atoms with E-state index in [1.54, 1.807) is 17.9 Å². The Morgan fingerprint density at radius 2 is 2.20 bits per heavy atom. The highest BCUT2D eigenvalue weighted by Gasteiger charge is 2.13. The van der Waals surface area contributed by atoms with E-state index in [0.29, 0.717) is 16.9 Å². The van der Waals surface area contributed by atoms with Crippen molar-refractivity contribution in [3.8, 4) is 17.3 Å². The molecule has 0 radical (unpaired) electrons. The number of hydrogen-bond acceptors (Lipinski definition) is 5. The quantitative estimate of drug-likeness (QED) is 0.775. The zero-order valence-corrected chi connectivity index (χ0v) is 9.27. The Morgan fingerprint density at radius 3 is 2.80 bits per heavy atom. The summed E-state index contributed by atoms with van der Waals surface area (Å²) in [5.41, 5.74) is 0.801. The smallest absolute Gasteiger partial charge is 0.224 e. The van der Waals surface area contributed by atoms with Gasteiger partial charge < -0.3 is 9.30 Å². The van der Waals surface area contributed by atoms with Crippen LogP contribution >= 0.6 is 12.6 Å². The summed E-state index contributed by atoms with van der Waals surface area (Å²) in [6.45, 7) is 0. The van der Waals surface area contributed by atoms with Crippen molar-refractivity contribution in [1.82, 2.24) is 19.7 Å². The largest absolute Gasteiger partial charge is 0.480 e. The van der Waals surface area contributed by atoms with Gasteiger partial charge in [0, 0.05) is 13.2 Å². The molecule has 0 saturated heterocycles. The summed E-state index contributed by atoms with van der Waals surface area (Å²) in [6.07, 6.45) is 1.67. The first-order valence-electron chi connectivity index (χ1n) is 4.31. The number of aromatic nitrogens is 4. The molecule has 5 nitrogen and oxygen atoms in total. The summed E-state index contributed by atoms with van der Waals surface area (Å²) < 4.78 is 6.91. The third-order valence-electron chi connectivity index (χ3n) is 2.06. The Labute approximate surface area is 92.5 Å². The molecule has 0 amide bonds. The molecule has 0 aliphatic heterocycles. The van der Waals surface area contributed by atoms with Crippen LogP contribution < -0.4 is 4.74 Å². The molecule has 0 fully saturated rings. The Balaban J connectivity index is 2.58. The summed E-state index contributed by atoms with van der Waals surface area (Å²) in [7, 11) is 3.41. The zero-order chi connectivity index (χ0) is 10.8. The van der Waals surface area contributed by atoms with Gasteiger partial charge in [-0.1, -0.05) is 0 Å². The molecule has 0 aromatic carbocycles. The maximum absolute atomic E-state index is 5.15. The van der Waals surface area contributed by atoms with E-state index in [1.165, 1.54) is 0 Å². The minimum absolute atomic E-state index is 0.529. The number of nitrogens with zero attached hydrogens (tertiary/aromatic N) is 4. The molecule has 2 rings (SSSR count). The van der Waals surface area contributed by atoms with Gasteiger partial charge >= 0.3 is 0 Å². The fraction of sp³-hybridized carbons (Fsp3) is 0.222. The van der Waals surface area contributed by atoms with E-state index in [0.717, 1.165) is 5.56 Å². The van der Waals surface area contributed by atoms with Crippen LogP contribution in [0.1, 0.15) is 0 Å². The lowest BCUT2D eigenvalue weighted by molar-refractivity contribution is 0.399. The second-order valence-electron chi connectivity index (χ2n) is 2.94. The highest BCUT2D eigenvalue weighted by Crippen LogP contribution is 2.26. The number of rotatable bonds is 2. The predicted octanol–water partition coefficient (Wildman–Crippen LogP) is 1.17. The number of thiol groups is 1. The normalized spacial score (nSPS) is 10.3. The third kappa shape index (κ3) is 1.68. The first-order chi connectivity index (χ1) is 7.24. The lowest BCUT2D eigenvalue weighted by Crippen LogP contribution is -1.97. The van der Waals surface area contributed by atoms with Gasteiger partial charge in [-0.25, -0.2) is 4.98 Å². The molecule has 2 heterocycles. The minimum atomic E-state index is 0.529. The summed E-state index contributed by atoms with van der Waals surface area (Å²) in [5, 5.41) is 8.42. The van der Waals surface area contributed by atoms with Crippen molar-refractivity contribution in [2.45, 2.75) is 5.16 Å². The van der Waals surface area contributed by atoms with Gasteiger partial charge in [0.15, 0.2) is 11.0 Å². The zero-order valence-electron chi connectivity index (χ0n) is 8.38. The fourth-order valence-electron chi connectivity index (χ4n) is 1.28. The van der Waals surface area contributed by atoms with Gasteiger partial charge in [-0.3, -0.25) is 0 Å². The molecule has 0 aliphatic rings. The molecule has 2 aromatic heterocycles. The van der Waals surface area contributed by atoms with Gasteiger partial charge in [0.1, 0.15) is 0 Å². The number of hydrogen-bond donors (Lipinski definition) is 1. The van der Waals surface area contributed by atoms with Crippen LogP contribution in [-0.4, -0.2) is 26.9 Å². The molecule has 2 aromatic rings. The minimum Gasteiger partial charge on any atom is -0.480 e. The summed E-state index contributed by atoms with van der Waals surface area (Å²) in [4.78, 5) is 4.10. The van der Waals surface area contributed by atoms with Crippen LogP contribution in [0, 0.1) is 0 Å². The van der Waals surface area contributed by atoms with E-state index in [4.69, 9.17) is 4.74 Å². The molecular formula is C9H10N4OS. The first-order valence-corrected chi connectivity index (χ1v) is 4.76. The van der Waals surface area contributed by atoms with E-state index in [9.17, 15) is 0 Å². The van der Waals surface area contributed by atoms with Gasteiger partial charge in [-0.05, 0) is 12.1 Å². The van der Waals surface area contributed by atoms with E-state index in [2.05, 4.69) is 27.8 Å². The number of pyridine rings is 1. The lowest BCUT2D eigenvalue weighted by Gasteiger charge is -2.05. The molecule has 0 N–H and O–H groups in total. The monoisotopic (exact) mass is 222 g/mol. The number of methoxy groups -OCH3 is 1. The molecule has 0 saturated carbocycles. The van der Waals surface area contributed by atoms with E-state index in [1.807, 2.05) is 19.2 Å². The third-order valence-corrected chi connectivity index (χ3v) is 2.45. The molecule has 0 aliphatic carbocycles. The van der Waals surface area contributed by atoms with Gasteiger partial charge in [0.2, 0.25) is 5.88 Å². The summed E-state index contributed by atoms with van der Waals surface area (Å²) >= 11 is 4.16. The maximum Gasteiger partial charge on any atom is 0.224 e. The van der Waals surface area contributed by atoms with Crippen LogP contribution in [0.2, 0.25) is 0 Å². The molecule has 78 valence electrons. The maximum atomic E-state index is 5.15. The van der Waals surface area contributed by atoms with Gasteiger partial charge in [-0.2, -0.15) is 0 Å². The first kappa shape index (κ1) is 9.97. The van der Waals surface area contributed by atoms with Crippen molar-refractivity contribution in [1.29, 1.82) is 0 Å². The van der Waals surface area contributed by atoms with Crippen LogP contribution in [0.5, 0.6) is 5.88 Å². The Kier molecular flexibility index (Phi) is 2.59. The Hall–Kier alpha value is -1.56. The van der Waals surface area contributed by atoms with Crippen LogP contribution in [0.15, 0.2) is 23.5 Å². The van der Waals surface area contributed by atoms with Crippen LogP contribution in [0.4, 0.5) is 0 Å². The molecule has 15 heavy (non-hydrogen) atoms. The van der Waals surface area contributed by atoms with Crippen molar-refractivity contribution < 1.29 is 4.74 Å².